The number of carbonyl (C=O) groups excluding carboxylic acids is 3. The number of amides is 4. The summed E-state index contributed by atoms with van der Waals surface area (Å²) in [6.07, 6.45) is -2.55. The molecule has 4 amide bonds. The zero-order valence-electron chi connectivity index (χ0n) is 17.6. The maximum Gasteiger partial charge on any atom is 0.398 e. The molecular formula is C24H22F3N3O3. The Balaban J connectivity index is 1.37. The first kappa shape index (κ1) is 21.5. The van der Waals surface area contributed by atoms with Crippen molar-refractivity contribution >= 4 is 17.8 Å². The minimum Gasteiger partial charge on any atom is -0.349 e. The van der Waals surface area contributed by atoms with Crippen LogP contribution in [0.3, 0.4) is 0 Å². The molecule has 0 spiro atoms. The number of carbonyl (C=O) groups is 3. The Hall–Kier alpha value is -3.36. The molecule has 2 aromatic rings. The van der Waals surface area contributed by atoms with Crippen LogP contribution < -0.4 is 16.0 Å². The summed E-state index contributed by atoms with van der Waals surface area (Å²) < 4.78 is 40.3. The number of rotatable bonds is 6. The molecule has 2 saturated carbocycles. The Morgan fingerprint density at radius 1 is 1.03 bits per heavy atom. The Kier molecular flexibility index (Phi) is 4.77. The van der Waals surface area contributed by atoms with Gasteiger partial charge in [-0.25, -0.2) is 4.79 Å². The van der Waals surface area contributed by atoms with Gasteiger partial charge in [0.1, 0.15) is 5.54 Å². The van der Waals surface area contributed by atoms with Gasteiger partial charge in [-0.1, -0.05) is 42.5 Å². The Bertz CT molecular complexity index is 1140. The molecule has 0 bridgehead atoms. The van der Waals surface area contributed by atoms with Crippen molar-refractivity contribution in [2.45, 2.75) is 42.8 Å². The highest BCUT2D eigenvalue weighted by molar-refractivity contribution is 6.08. The normalized spacial score (nSPS) is 23.6. The van der Waals surface area contributed by atoms with E-state index in [0.29, 0.717) is 16.7 Å². The largest absolute Gasteiger partial charge is 0.398 e. The summed E-state index contributed by atoms with van der Waals surface area (Å²) in [7, 11) is 0. The monoisotopic (exact) mass is 457 g/mol. The van der Waals surface area contributed by atoms with Crippen LogP contribution in [-0.4, -0.2) is 36.1 Å². The predicted octanol–water partition coefficient (Wildman–Crippen LogP) is 3.67. The lowest BCUT2D eigenvalue weighted by Crippen LogP contribution is -2.57. The van der Waals surface area contributed by atoms with Crippen molar-refractivity contribution in [1.29, 1.82) is 0 Å². The van der Waals surface area contributed by atoms with Gasteiger partial charge < -0.3 is 10.6 Å². The van der Waals surface area contributed by atoms with Gasteiger partial charge in [-0.05, 0) is 54.4 Å². The summed E-state index contributed by atoms with van der Waals surface area (Å²) in [4.78, 5) is 37.1. The van der Waals surface area contributed by atoms with Gasteiger partial charge in [-0.3, -0.25) is 14.9 Å². The average molecular weight is 457 g/mol. The van der Waals surface area contributed by atoms with Crippen LogP contribution in [0.4, 0.5) is 18.0 Å². The first-order valence-electron chi connectivity index (χ1n) is 10.8. The van der Waals surface area contributed by atoms with Gasteiger partial charge in [0.15, 0.2) is 0 Å². The lowest BCUT2D eigenvalue weighted by Gasteiger charge is -2.26. The van der Waals surface area contributed by atoms with E-state index in [0.717, 1.165) is 12.8 Å². The fourth-order valence-electron chi connectivity index (χ4n) is 4.72. The van der Waals surface area contributed by atoms with Crippen LogP contribution in [-0.2, 0) is 10.2 Å². The molecule has 9 heteroatoms. The van der Waals surface area contributed by atoms with Crippen molar-refractivity contribution in [3.8, 4) is 11.1 Å². The number of imide groups is 1. The molecule has 5 rings (SSSR count). The Labute approximate surface area is 187 Å². The summed E-state index contributed by atoms with van der Waals surface area (Å²) in [5.41, 5.74) is -1.16. The van der Waals surface area contributed by atoms with E-state index in [2.05, 4.69) is 16.0 Å². The molecule has 3 N–H and O–H groups in total. The third kappa shape index (κ3) is 3.55. The van der Waals surface area contributed by atoms with Crippen molar-refractivity contribution in [2.24, 2.45) is 5.92 Å². The number of halogens is 3. The zero-order chi connectivity index (χ0) is 23.4. The van der Waals surface area contributed by atoms with E-state index in [1.54, 1.807) is 36.4 Å². The number of benzene rings is 2. The molecule has 0 unspecified atom stereocenters. The molecule has 33 heavy (non-hydrogen) atoms. The second-order valence-electron chi connectivity index (χ2n) is 9.04. The van der Waals surface area contributed by atoms with Crippen LogP contribution >= 0.6 is 0 Å². The molecule has 3 fully saturated rings. The molecule has 172 valence electrons. The fraction of sp³-hybridized carbons (Fsp3) is 0.375. The number of nitrogens with one attached hydrogen (secondary N) is 3. The number of alkyl halides is 3. The Morgan fingerprint density at radius 2 is 1.70 bits per heavy atom. The van der Waals surface area contributed by atoms with Crippen molar-refractivity contribution in [2.75, 3.05) is 6.54 Å². The smallest absolute Gasteiger partial charge is 0.349 e. The van der Waals surface area contributed by atoms with Crippen LogP contribution in [0, 0.1) is 5.92 Å². The van der Waals surface area contributed by atoms with E-state index in [1.807, 2.05) is 0 Å². The maximum atomic E-state index is 13.4. The van der Waals surface area contributed by atoms with Crippen LogP contribution in [0.1, 0.15) is 41.6 Å². The van der Waals surface area contributed by atoms with Crippen molar-refractivity contribution in [3.05, 3.63) is 59.7 Å². The highest BCUT2D eigenvalue weighted by Crippen LogP contribution is 2.59. The maximum absolute atomic E-state index is 13.4. The number of urea groups is 1. The van der Waals surface area contributed by atoms with E-state index < -0.39 is 35.0 Å². The third-order valence-corrected chi connectivity index (χ3v) is 6.98. The lowest BCUT2D eigenvalue weighted by atomic mass is 9.91. The topological polar surface area (TPSA) is 87.3 Å². The lowest BCUT2D eigenvalue weighted by molar-refractivity contribution is -0.160. The van der Waals surface area contributed by atoms with Gasteiger partial charge in [-0.2, -0.15) is 13.2 Å². The molecule has 2 aromatic carbocycles. The van der Waals surface area contributed by atoms with Crippen molar-refractivity contribution < 1.29 is 27.6 Å². The van der Waals surface area contributed by atoms with Crippen LogP contribution in [0.5, 0.6) is 0 Å². The van der Waals surface area contributed by atoms with Crippen molar-refractivity contribution in [1.82, 2.24) is 16.0 Å². The number of hydrogen-bond acceptors (Lipinski definition) is 3. The minimum atomic E-state index is -4.29. The van der Waals surface area contributed by atoms with Gasteiger partial charge in [0.25, 0.3) is 11.8 Å². The molecule has 1 saturated heterocycles. The molecule has 6 nitrogen and oxygen atoms in total. The summed E-state index contributed by atoms with van der Waals surface area (Å²) in [6.45, 7) is -0.0462. The quantitative estimate of drug-likeness (QED) is 0.579. The SMILES string of the molecule is O=C1NC(=O)[C@](CNC(=O)c2ccccc2-c2ccc(C3(C(F)(F)F)CC3)cc2)(C2CC2)N1. The molecule has 2 aliphatic carbocycles. The van der Waals surface area contributed by atoms with Crippen LogP contribution in [0.15, 0.2) is 48.5 Å². The minimum absolute atomic E-state index is 0.0320. The van der Waals surface area contributed by atoms with Gasteiger partial charge in [-0.15, -0.1) is 0 Å². The molecular weight excluding hydrogens is 435 g/mol. The Morgan fingerprint density at radius 3 is 2.24 bits per heavy atom. The standard InChI is InChI=1S/C24H22F3N3O3/c25-24(26,27)22(11-12-22)15-7-5-14(6-8-15)17-3-1-2-4-18(17)19(31)28-13-23(16-9-10-16)20(32)29-21(33)30-23/h1-8,16H,9-13H2,(H,28,31)(H2,29,30,32,33)/t23-/m0/s1. The molecule has 1 atom stereocenters. The highest BCUT2D eigenvalue weighted by Gasteiger charge is 2.64. The number of hydrogen-bond donors (Lipinski definition) is 3. The molecule has 0 aromatic heterocycles. The van der Waals surface area contributed by atoms with Crippen LogP contribution in [0.25, 0.3) is 11.1 Å². The molecule has 3 aliphatic rings. The molecule has 1 heterocycles. The first-order valence-corrected chi connectivity index (χ1v) is 10.8. The second-order valence-corrected chi connectivity index (χ2v) is 9.04. The third-order valence-electron chi connectivity index (χ3n) is 6.98. The molecule has 1 aliphatic heterocycles. The first-order chi connectivity index (χ1) is 15.7. The van der Waals surface area contributed by atoms with E-state index >= 15 is 0 Å². The van der Waals surface area contributed by atoms with E-state index in [1.165, 1.54) is 12.1 Å². The summed E-state index contributed by atoms with van der Waals surface area (Å²) >= 11 is 0. The fourth-order valence-corrected chi connectivity index (χ4v) is 4.72. The van der Waals surface area contributed by atoms with E-state index in [-0.39, 0.29) is 30.9 Å². The summed E-state index contributed by atoms with van der Waals surface area (Å²) in [6, 6.07) is 12.4. The van der Waals surface area contributed by atoms with Gasteiger partial charge in [0.05, 0.1) is 12.0 Å². The van der Waals surface area contributed by atoms with Crippen LogP contribution in [0.2, 0.25) is 0 Å². The second kappa shape index (κ2) is 7.33. The van der Waals surface area contributed by atoms with E-state index in [4.69, 9.17) is 0 Å². The van der Waals surface area contributed by atoms with Gasteiger partial charge in [0.2, 0.25) is 0 Å². The average Bonchev–Trinajstić information content (AvgIpc) is 3.69. The predicted molar refractivity (Wildman–Crippen MR) is 113 cm³/mol. The summed E-state index contributed by atoms with van der Waals surface area (Å²) in [5, 5.41) is 7.67. The highest BCUT2D eigenvalue weighted by atomic mass is 19.4. The van der Waals surface area contributed by atoms with Crippen molar-refractivity contribution in [3.63, 3.8) is 0 Å². The van der Waals surface area contributed by atoms with Gasteiger partial charge >= 0.3 is 12.2 Å². The summed E-state index contributed by atoms with van der Waals surface area (Å²) in [5.74, 6) is -0.911. The van der Waals surface area contributed by atoms with Gasteiger partial charge in [0, 0.05) is 5.56 Å². The zero-order valence-corrected chi connectivity index (χ0v) is 17.6. The molecule has 0 radical (unpaired) electrons. The van der Waals surface area contributed by atoms with E-state index in [9.17, 15) is 27.6 Å².